The number of anilines is 1. The lowest BCUT2D eigenvalue weighted by Gasteiger charge is -2.26. The fraction of sp³-hybridized carbons (Fsp3) is 0.300. The standard InChI is InChI=1S/C20H22FN3O3S/c1-14(2)20(16-7-9-17(21)10-8-16)23-19(25)13-24(28(3,26)27)18-6-4-5-15(11-18)12-22/h4-11,14,20H,13H2,1-3H3,(H,23,25). The van der Waals surface area contributed by atoms with Crippen molar-refractivity contribution in [3.8, 4) is 6.07 Å². The van der Waals surface area contributed by atoms with E-state index in [4.69, 9.17) is 5.26 Å². The second kappa shape index (κ2) is 8.85. The first-order chi connectivity index (χ1) is 13.1. The molecular weight excluding hydrogens is 381 g/mol. The van der Waals surface area contributed by atoms with Gasteiger partial charge < -0.3 is 5.32 Å². The zero-order chi connectivity index (χ0) is 20.9. The molecule has 0 aliphatic carbocycles. The first-order valence-corrected chi connectivity index (χ1v) is 10.5. The maximum atomic E-state index is 13.2. The van der Waals surface area contributed by atoms with Gasteiger partial charge in [0.2, 0.25) is 15.9 Å². The Kier molecular flexibility index (Phi) is 6.75. The molecule has 1 N–H and O–H groups in total. The third-order valence-corrected chi connectivity index (χ3v) is 5.30. The Balaban J connectivity index is 2.25. The van der Waals surface area contributed by atoms with Crippen molar-refractivity contribution in [2.75, 3.05) is 17.1 Å². The Bertz CT molecular complexity index is 983. The molecule has 28 heavy (non-hydrogen) atoms. The van der Waals surface area contributed by atoms with Gasteiger partial charge in [0.25, 0.3) is 0 Å². The van der Waals surface area contributed by atoms with Crippen molar-refractivity contribution in [3.63, 3.8) is 0 Å². The molecule has 2 aromatic carbocycles. The highest BCUT2D eigenvalue weighted by Gasteiger charge is 2.24. The summed E-state index contributed by atoms with van der Waals surface area (Å²) < 4.78 is 38.6. The van der Waals surface area contributed by atoms with E-state index in [2.05, 4.69) is 5.32 Å². The van der Waals surface area contributed by atoms with E-state index in [0.29, 0.717) is 0 Å². The third-order valence-electron chi connectivity index (χ3n) is 4.16. The van der Waals surface area contributed by atoms with Gasteiger partial charge in [-0.2, -0.15) is 5.26 Å². The van der Waals surface area contributed by atoms with Crippen LogP contribution in [0.25, 0.3) is 0 Å². The number of hydrogen-bond donors (Lipinski definition) is 1. The number of carbonyl (C=O) groups excluding carboxylic acids is 1. The highest BCUT2D eigenvalue weighted by atomic mass is 32.2. The van der Waals surface area contributed by atoms with Gasteiger partial charge in [-0.05, 0) is 41.8 Å². The van der Waals surface area contributed by atoms with Crippen molar-refractivity contribution in [1.29, 1.82) is 5.26 Å². The van der Waals surface area contributed by atoms with Gasteiger partial charge in [0.1, 0.15) is 12.4 Å². The Morgan fingerprint density at radius 3 is 2.39 bits per heavy atom. The summed E-state index contributed by atoms with van der Waals surface area (Å²) in [5.41, 5.74) is 1.25. The number of sulfonamides is 1. The second-order valence-electron chi connectivity index (χ2n) is 6.77. The Labute approximate surface area is 164 Å². The topological polar surface area (TPSA) is 90.3 Å². The fourth-order valence-electron chi connectivity index (χ4n) is 2.79. The molecule has 1 amide bonds. The molecule has 0 radical (unpaired) electrons. The molecule has 0 aliphatic heterocycles. The quantitative estimate of drug-likeness (QED) is 0.770. The van der Waals surface area contributed by atoms with Gasteiger partial charge in [0.05, 0.1) is 29.6 Å². The minimum Gasteiger partial charge on any atom is -0.347 e. The van der Waals surface area contributed by atoms with Crippen LogP contribution < -0.4 is 9.62 Å². The first-order valence-electron chi connectivity index (χ1n) is 8.64. The minimum absolute atomic E-state index is 0.00279. The molecule has 2 aromatic rings. The van der Waals surface area contributed by atoms with E-state index >= 15 is 0 Å². The number of nitrogens with zero attached hydrogens (tertiary/aromatic N) is 2. The average molecular weight is 403 g/mol. The molecule has 2 rings (SSSR count). The first kappa shape index (κ1) is 21.4. The molecule has 1 unspecified atom stereocenters. The number of hydrogen-bond acceptors (Lipinski definition) is 4. The number of amides is 1. The van der Waals surface area contributed by atoms with Crippen LogP contribution in [0.15, 0.2) is 48.5 Å². The maximum Gasteiger partial charge on any atom is 0.241 e. The molecular formula is C20H22FN3O3S. The van der Waals surface area contributed by atoms with Crippen molar-refractivity contribution in [1.82, 2.24) is 5.32 Å². The molecule has 6 nitrogen and oxygen atoms in total. The Morgan fingerprint density at radius 1 is 1.21 bits per heavy atom. The monoisotopic (exact) mass is 403 g/mol. The number of benzene rings is 2. The summed E-state index contributed by atoms with van der Waals surface area (Å²) in [6, 6.07) is 13.4. The summed E-state index contributed by atoms with van der Waals surface area (Å²) in [5.74, 6) is -0.878. The van der Waals surface area contributed by atoms with E-state index < -0.39 is 28.5 Å². The van der Waals surface area contributed by atoms with Gasteiger partial charge in [-0.15, -0.1) is 0 Å². The van der Waals surface area contributed by atoms with Crippen LogP contribution >= 0.6 is 0 Å². The maximum absolute atomic E-state index is 13.2. The highest BCUT2D eigenvalue weighted by molar-refractivity contribution is 7.92. The Hall–Kier alpha value is -2.92. The van der Waals surface area contributed by atoms with Crippen molar-refractivity contribution in [2.45, 2.75) is 19.9 Å². The summed E-state index contributed by atoms with van der Waals surface area (Å²) in [6.07, 6.45) is 0.999. The molecule has 148 valence electrons. The van der Waals surface area contributed by atoms with Crippen molar-refractivity contribution >= 4 is 21.6 Å². The number of rotatable bonds is 7. The van der Waals surface area contributed by atoms with Crippen LogP contribution in [-0.2, 0) is 14.8 Å². The predicted molar refractivity (Wildman–Crippen MR) is 105 cm³/mol. The smallest absolute Gasteiger partial charge is 0.241 e. The van der Waals surface area contributed by atoms with Crippen molar-refractivity contribution in [3.05, 3.63) is 65.5 Å². The minimum atomic E-state index is -3.75. The summed E-state index contributed by atoms with van der Waals surface area (Å²) in [7, 11) is -3.75. The molecule has 0 spiro atoms. The van der Waals surface area contributed by atoms with Crippen LogP contribution in [0.5, 0.6) is 0 Å². The van der Waals surface area contributed by atoms with Crippen molar-refractivity contribution < 1.29 is 17.6 Å². The lowest BCUT2D eigenvalue weighted by molar-refractivity contribution is -0.120. The molecule has 0 aliphatic rings. The molecule has 0 fully saturated rings. The van der Waals surface area contributed by atoms with Crippen LogP contribution in [0, 0.1) is 23.1 Å². The van der Waals surface area contributed by atoms with Gasteiger partial charge >= 0.3 is 0 Å². The number of nitriles is 1. The third kappa shape index (κ3) is 5.54. The van der Waals surface area contributed by atoms with E-state index in [1.807, 2.05) is 19.9 Å². The zero-order valence-electron chi connectivity index (χ0n) is 15.9. The number of carbonyl (C=O) groups is 1. The summed E-state index contributed by atoms with van der Waals surface area (Å²) >= 11 is 0. The zero-order valence-corrected chi connectivity index (χ0v) is 16.7. The van der Waals surface area contributed by atoms with E-state index in [9.17, 15) is 17.6 Å². The normalized spacial score (nSPS) is 12.3. The van der Waals surface area contributed by atoms with Crippen LogP contribution in [-0.4, -0.2) is 27.1 Å². The summed E-state index contributed by atoms with van der Waals surface area (Å²) in [4.78, 5) is 12.6. The van der Waals surface area contributed by atoms with Crippen LogP contribution in [0.1, 0.15) is 31.0 Å². The summed E-state index contributed by atoms with van der Waals surface area (Å²) in [5, 5.41) is 11.9. The molecule has 0 bridgehead atoms. The largest absolute Gasteiger partial charge is 0.347 e. The Morgan fingerprint density at radius 2 is 1.86 bits per heavy atom. The van der Waals surface area contributed by atoms with Gasteiger partial charge in [-0.1, -0.05) is 32.0 Å². The van der Waals surface area contributed by atoms with Crippen LogP contribution in [0.3, 0.4) is 0 Å². The van der Waals surface area contributed by atoms with Gasteiger partial charge in [0.15, 0.2) is 0 Å². The molecule has 0 aromatic heterocycles. The number of nitrogens with one attached hydrogen (secondary N) is 1. The van der Waals surface area contributed by atoms with E-state index in [-0.39, 0.29) is 23.0 Å². The molecule has 0 saturated heterocycles. The van der Waals surface area contributed by atoms with Crippen LogP contribution in [0.2, 0.25) is 0 Å². The molecule has 1 atom stereocenters. The second-order valence-corrected chi connectivity index (χ2v) is 8.68. The fourth-order valence-corrected chi connectivity index (χ4v) is 3.63. The highest BCUT2D eigenvalue weighted by Crippen LogP contribution is 2.23. The van der Waals surface area contributed by atoms with Gasteiger partial charge in [0, 0.05) is 0 Å². The van der Waals surface area contributed by atoms with Gasteiger partial charge in [-0.3, -0.25) is 9.10 Å². The van der Waals surface area contributed by atoms with Crippen molar-refractivity contribution in [2.24, 2.45) is 5.92 Å². The van der Waals surface area contributed by atoms with E-state index in [1.165, 1.54) is 24.3 Å². The van der Waals surface area contributed by atoms with E-state index in [0.717, 1.165) is 16.1 Å². The molecule has 0 saturated carbocycles. The SMILES string of the molecule is CC(C)C(NC(=O)CN(c1cccc(C#N)c1)S(C)(=O)=O)c1ccc(F)cc1. The molecule has 8 heteroatoms. The predicted octanol–water partition coefficient (Wildman–Crippen LogP) is 2.98. The summed E-state index contributed by atoms with van der Waals surface area (Å²) in [6.45, 7) is 3.37. The van der Waals surface area contributed by atoms with Crippen LogP contribution in [0.4, 0.5) is 10.1 Å². The lowest BCUT2D eigenvalue weighted by Crippen LogP contribution is -2.42. The van der Waals surface area contributed by atoms with E-state index in [1.54, 1.807) is 24.3 Å². The van der Waals surface area contributed by atoms with Gasteiger partial charge in [-0.25, -0.2) is 12.8 Å². The number of halogens is 1. The average Bonchev–Trinajstić information content (AvgIpc) is 2.64. The lowest BCUT2D eigenvalue weighted by atomic mass is 9.96. The molecule has 0 heterocycles.